The number of hydrogen-bond donors (Lipinski definition) is 1. The number of nitrogens with two attached hydrogens (primary N) is 1. The fourth-order valence-electron chi connectivity index (χ4n) is 2.60. The van der Waals surface area contributed by atoms with Gasteiger partial charge >= 0.3 is 0 Å². The summed E-state index contributed by atoms with van der Waals surface area (Å²) in [6.07, 6.45) is 7.33. The second-order valence-corrected chi connectivity index (χ2v) is 5.16. The molecule has 0 atom stereocenters. The third kappa shape index (κ3) is 5.84. The summed E-state index contributed by atoms with van der Waals surface area (Å²) in [7, 11) is 0. The van der Waals surface area contributed by atoms with Crippen molar-refractivity contribution in [2.45, 2.75) is 64.5 Å². The molecule has 0 aromatic rings. The molecule has 0 spiro atoms. The first-order chi connectivity index (χ1) is 8.27. The van der Waals surface area contributed by atoms with Crippen LogP contribution in [0.5, 0.6) is 0 Å². The Morgan fingerprint density at radius 2 is 1.82 bits per heavy atom. The van der Waals surface area contributed by atoms with Crippen LogP contribution in [0.25, 0.3) is 0 Å². The molecule has 2 N–H and O–H groups in total. The quantitative estimate of drug-likeness (QED) is 0.664. The van der Waals surface area contributed by atoms with Crippen molar-refractivity contribution in [2.24, 2.45) is 5.73 Å². The zero-order chi connectivity index (χ0) is 12.5. The van der Waals surface area contributed by atoms with Gasteiger partial charge in [0.25, 0.3) is 0 Å². The van der Waals surface area contributed by atoms with E-state index in [4.69, 9.17) is 10.5 Å². The van der Waals surface area contributed by atoms with E-state index in [0.717, 1.165) is 32.3 Å². The van der Waals surface area contributed by atoms with Gasteiger partial charge in [-0.05, 0) is 38.6 Å². The number of ether oxygens (including phenoxy) is 1. The largest absolute Gasteiger partial charge is 0.380 e. The van der Waals surface area contributed by atoms with Gasteiger partial charge in [0, 0.05) is 25.2 Å². The van der Waals surface area contributed by atoms with Gasteiger partial charge in [-0.15, -0.1) is 0 Å². The fourth-order valence-corrected chi connectivity index (χ4v) is 2.60. The van der Waals surface area contributed by atoms with E-state index in [9.17, 15) is 0 Å². The monoisotopic (exact) mass is 242 g/mol. The third-order valence-electron chi connectivity index (χ3n) is 3.83. The van der Waals surface area contributed by atoms with E-state index >= 15 is 0 Å². The van der Waals surface area contributed by atoms with Gasteiger partial charge in [0.15, 0.2) is 0 Å². The van der Waals surface area contributed by atoms with Crippen LogP contribution in [0.15, 0.2) is 0 Å². The summed E-state index contributed by atoms with van der Waals surface area (Å²) in [5, 5.41) is 0. The van der Waals surface area contributed by atoms with Gasteiger partial charge in [-0.1, -0.05) is 20.3 Å². The lowest BCUT2D eigenvalue weighted by Gasteiger charge is -2.35. The molecular weight excluding hydrogens is 212 g/mol. The highest BCUT2D eigenvalue weighted by molar-refractivity contribution is 4.80. The van der Waals surface area contributed by atoms with E-state index in [2.05, 4.69) is 18.7 Å². The Morgan fingerprint density at radius 1 is 1.12 bits per heavy atom. The number of likely N-dealkylation sites (N-methyl/N-ethyl adjacent to an activating group) is 1. The Labute approximate surface area is 107 Å². The van der Waals surface area contributed by atoms with Crippen LogP contribution in [0, 0.1) is 0 Å². The molecule has 1 aliphatic carbocycles. The lowest BCUT2D eigenvalue weighted by molar-refractivity contribution is 0.0762. The molecule has 0 amide bonds. The summed E-state index contributed by atoms with van der Waals surface area (Å²) in [5.41, 5.74) is 5.95. The summed E-state index contributed by atoms with van der Waals surface area (Å²) >= 11 is 0. The van der Waals surface area contributed by atoms with E-state index in [1.54, 1.807) is 0 Å². The highest BCUT2D eigenvalue weighted by Gasteiger charge is 2.22. The molecule has 3 heteroatoms. The maximum atomic E-state index is 5.95. The van der Waals surface area contributed by atoms with Crippen LogP contribution in [0.2, 0.25) is 0 Å². The lowest BCUT2D eigenvalue weighted by Crippen LogP contribution is -2.42. The molecule has 1 rings (SSSR count). The molecule has 102 valence electrons. The molecule has 0 radical (unpaired) electrons. The van der Waals surface area contributed by atoms with E-state index < -0.39 is 0 Å². The van der Waals surface area contributed by atoms with Crippen molar-refractivity contribution in [3.05, 3.63) is 0 Å². The predicted octanol–water partition coefficient (Wildman–Crippen LogP) is 2.39. The van der Waals surface area contributed by atoms with Crippen molar-refractivity contribution in [2.75, 3.05) is 26.3 Å². The molecule has 0 heterocycles. The van der Waals surface area contributed by atoms with Gasteiger partial charge in [-0.25, -0.2) is 0 Å². The normalized spacial score (nSPS) is 25.4. The second kappa shape index (κ2) is 8.90. The molecule has 0 aliphatic heterocycles. The van der Waals surface area contributed by atoms with Crippen molar-refractivity contribution >= 4 is 0 Å². The van der Waals surface area contributed by atoms with Crippen LogP contribution in [0.1, 0.15) is 52.4 Å². The summed E-state index contributed by atoms with van der Waals surface area (Å²) < 4.78 is 5.65. The summed E-state index contributed by atoms with van der Waals surface area (Å²) in [6.45, 7) is 8.48. The maximum Gasteiger partial charge on any atom is 0.0593 e. The van der Waals surface area contributed by atoms with Crippen molar-refractivity contribution in [3.8, 4) is 0 Å². The molecule has 0 aromatic carbocycles. The summed E-state index contributed by atoms with van der Waals surface area (Å²) in [5.74, 6) is 0. The summed E-state index contributed by atoms with van der Waals surface area (Å²) in [6, 6.07) is 1.19. The van der Waals surface area contributed by atoms with Crippen LogP contribution in [-0.4, -0.2) is 43.3 Å². The van der Waals surface area contributed by atoms with Gasteiger partial charge in [0.1, 0.15) is 0 Å². The third-order valence-corrected chi connectivity index (χ3v) is 3.83. The topological polar surface area (TPSA) is 38.5 Å². The minimum Gasteiger partial charge on any atom is -0.380 e. The lowest BCUT2D eigenvalue weighted by atomic mass is 9.91. The Morgan fingerprint density at radius 3 is 2.41 bits per heavy atom. The van der Waals surface area contributed by atoms with Crippen LogP contribution in [0.3, 0.4) is 0 Å². The van der Waals surface area contributed by atoms with E-state index in [1.807, 2.05) is 0 Å². The van der Waals surface area contributed by atoms with Gasteiger partial charge in [0.05, 0.1) is 6.61 Å². The Hall–Kier alpha value is -0.120. The van der Waals surface area contributed by atoms with Gasteiger partial charge in [-0.2, -0.15) is 0 Å². The highest BCUT2D eigenvalue weighted by Crippen LogP contribution is 2.21. The molecule has 0 bridgehead atoms. The predicted molar refractivity (Wildman–Crippen MR) is 73.2 cm³/mol. The van der Waals surface area contributed by atoms with Crippen LogP contribution >= 0.6 is 0 Å². The average molecular weight is 242 g/mol. The van der Waals surface area contributed by atoms with Crippen molar-refractivity contribution in [3.63, 3.8) is 0 Å². The van der Waals surface area contributed by atoms with Gasteiger partial charge < -0.3 is 10.5 Å². The average Bonchev–Trinajstić information content (AvgIpc) is 2.35. The molecule has 0 aromatic heterocycles. The van der Waals surface area contributed by atoms with Crippen LogP contribution in [-0.2, 0) is 4.74 Å². The van der Waals surface area contributed by atoms with Crippen molar-refractivity contribution in [1.82, 2.24) is 4.90 Å². The smallest absolute Gasteiger partial charge is 0.0593 e. The zero-order valence-electron chi connectivity index (χ0n) is 11.7. The molecule has 1 saturated carbocycles. The molecule has 0 saturated heterocycles. The molecule has 3 nitrogen and oxygen atoms in total. The molecule has 1 fully saturated rings. The second-order valence-electron chi connectivity index (χ2n) is 5.16. The number of hydrogen-bond acceptors (Lipinski definition) is 3. The Balaban J connectivity index is 2.14. The Kier molecular flexibility index (Phi) is 7.82. The minimum absolute atomic E-state index is 0.450. The molecule has 1 aliphatic rings. The van der Waals surface area contributed by atoms with Gasteiger partial charge in [0.2, 0.25) is 0 Å². The number of rotatable bonds is 8. The minimum atomic E-state index is 0.450. The fraction of sp³-hybridized carbons (Fsp3) is 1.00. The first kappa shape index (κ1) is 14.9. The van der Waals surface area contributed by atoms with E-state index in [0.29, 0.717) is 6.04 Å². The molecule has 17 heavy (non-hydrogen) atoms. The summed E-state index contributed by atoms with van der Waals surface area (Å²) in [4.78, 5) is 2.57. The standard InChI is InChI=1S/C14H30N2O/c1-3-5-11-17-12-10-16(4-2)14-8-6-13(15)7-9-14/h13-14H,3-12,15H2,1-2H3. The first-order valence-corrected chi connectivity index (χ1v) is 7.35. The van der Waals surface area contributed by atoms with Crippen molar-refractivity contribution < 1.29 is 4.74 Å². The maximum absolute atomic E-state index is 5.95. The van der Waals surface area contributed by atoms with E-state index in [1.165, 1.54) is 38.5 Å². The van der Waals surface area contributed by atoms with Crippen LogP contribution < -0.4 is 5.73 Å². The first-order valence-electron chi connectivity index (χ1n) is 7.35. The zero-order valence-corrected chi connectivity index (χ0v) is 11.7. The number of nitrogens with zero attached hydrogens (tertiary/aromatic N) is 1. The Bertz CT molecular complexity index is 179. The highest BCUT2D eigenvalue weighted by atomic mass is 16.5. The van der Waals surface area contributed by atoms with Crippen LogP contribution in [0.4, 0.5) is 0 Å². The molecular formula is C14H30N2O. The van der Waals surface area contributed by atoms with E-state index in [-0.39, 0.29) is 0 Å². The van der Waals surface area contributed by atoms with Crippen molar-refractivity contribution in [1.29, 1.82) is 0 Å². The van der Waals surface area contributed by atoms with Gasteiger partial charge in [-0.3, -0.25) is 4.90 Å². The molecule has 0 unspecified atom stereocenters. The number of unbranched alkanes of at least 4 members (excludes halogenated alkanes) is 1. The SMILES string of the molecule is CCCCOCCN(CC)C1CCC(N)CC1.